The summed E-state index contributed by atoms with van der Waals surface area (Å²) in [5.74, 6) is -2.04. The quantitative estimate of drug-likeness (QED) is 0.0559. The third-order valence-electron chi connectivity index (χ3n) is 26.8. The van der Waals surface area contributed by atoms with Crippen LogP contribution in [0.25, 0.3) is 22.2 Å². The van der Waals surface area contributed by atoms with Crippen molar-refractivity contribution in [2.75, 3.05) is 159 Å². The predicted molar refractivity (Wildman–Crippen MR) is 477 cm³/mol. The predicted octanol–water partition coefficient (Wildman–Crippen LogP) is 3.72. The molecule has 11 aliphatic rings. The molecule has 6 fully saturated rings. The molecule has 40 nitrogen and oxygen atoms in total. The van der Waals surface area contributed by atoms with E-state index >= 15 is 0 Å². The first-order valence-electron chi connectivity index (χ1n) is 43.6. The number of benzene rings is 4. The van der Waals surface area contributed by atoms with Crippen LogP contribution in [0.2, 0.25) is 0 Å². The minimum absolute atomic E-state index is 0.0880. The van der Waals surface area contributed by atoms with E-state index < -0.39 is 59.4 Å². The number of aliphatic carboxylic acids is 1. The van der Waals surface area contributed by atoms with Crippen LogP contribution in [-0.4, -0.2) is 315 Å². The number of piperazine rings is 4. The summed E-state index contributed by atoms with van der Waals surface area (Å²) in [5, 5.41) is 48.0. The van der Waals surface area contributed by atoms with E-state index in [0.717, 1.165) is 188 Å². The van der Waals surface area contributed by atoms with Gasteiger partial charge in [0.25, 0.3) is 29.5 Å². The number of allylic oxidation sites excluding steroid dienone is 2. The van der Waals surface area contributed by atoms with Crippen LogP contribution in [0.5, 0.6) is 0 Å². The maximum Gasteiger partial charge on any atom is 0.335 e. The van der Waals surface area contributed by atoms with E-state index in [4.69, 9.17) is 25.8 Å². The number of H-pyrrole nitrogens is 1. The van der Waals surface area contributed by atoms with E-state index in [-0.39, 0.29) is 50.6 Å². The molecule has 129 heavy (non-hydrogen) atoms. The average Bonchev–Trinajstić information content (AvgIpc) is 1.60. The number of fused-ring (bicyclic) bond motifs is 6. The number of pyridine rings is 2. The van der Waals surface area contributed by atoms with Crippen molar-refractivity contribution in [1.29, 1.82) is 0 Å². The topological polar surface area (TPSA) is 446 Å². The normalized spacial score (nSPS) is 22.2. The zero-order valence-corrected chi connectivity index (χ0v) is 73.0. The van der Waals surface area contributed by atoms with E-state index in [1.807, 2.05) is 91.9 Å². The number of aliphatic imine (C=N–C) groups is 1. The molecular weight excluding hydrogens is 1650 g/mol. The minimum Gasteiger partial charge on any atom is -0.478 e. The minimum atomic E-state index is -0.980. The first-order chi connectivity index (χ1) is 62.2. The molecule has 6 atom stereocenters. The Hall–Kier alpha value is -14.1. The molecular formula is C89H101N29O11. The van der Waals surface area contributed by atoms with Crippen LogP contribution in [0.4, 0.5) is 46.3 Å². The molecule has 0 saturated carbocycles. The van der Waals surface area contributed by atoms with Crippen LogP contribution in [0.15, 0.2) is 137 Å². The highest BCUT2D eigenvalue weighted by Gasteiger charge is 2.48. The van der Waals surface area contributed by atoms with E-state index in [1.54, 1.807) is 47.8 Å². The summed E-state index contributed by atoms with van der Waals surface area (Å²) in [4.78, 5) is 165. The molecule has 5 aromatic heterocycles. The highest BCUT2D eigenvalue weighted by Crippen LogP contribution is 2.38. The van der Waals surface area contributed by atoms with Crippen LogP contribution in [-0.2, 0) is 48.4 Å². The number of amides is 9. The lowest BCUT2D eigenvalue weighted by atomic mass is 9.99. The van der Waals surface area contributed by atoms with Gasteiger partial charge in [0.1, 0.15) is 29.4 Å². The lowest BCUT2D eigenvalue weighted by molar-refractivity contribution is -0.137. The molecule has 16 heterocycles. The number of rotatable bonds is 17. The number of imide groups is 4. The number of hydrogen-bond acceptors (Lipinski definition) is 31. The number of anilines is 8. The molecule has 0 spiro atoms. The number of tetrazole rings is 2. The van der Waals surface area contributed by atoms with Crippen LogP contribution < -0.4 is 51.1 Å². The van der Waals surface area contributed by atoms with Crippen LogP contribution in [0, 0.1) is 0 Å². The number of carbonyl (C=O) groups is 10. The summed E-state index contributed by atoms with van der Waals surface area (Å²) in [6.45, 7) is 27.8. The van der Waals surface area contributed by atoms with Crippen molar-refractivity contribution in [3.63, 3.8) is 0 Å². The molecule has 0 aliphatic carbocycles. The molecule has 668 valence electrons. The maximum absolute atomic E-state index is 13.5. The molecule has 20 rings (SSSR count). The Kier molecular flexibility index (Phi) is 23.4. The van der Waals surface area contributed by atoms with Crippen molar-refractivity contribution >= 4 is 122 Å². The van der Waals surface area contributed by atoms with Crippen molar-refractivity contribution in [2.45, 2.75) is 123 Å². The van der Waals surface area contributed by atoms with Gasteiger partial charge in [-0.25, -0.2) is 24.1 Å². The molecule has 11 aliphatic heterocycles. The number of nitrogens with two attached hydrogens (primary N) is 1. The van der Waals surface area contributed by atoms with Crippen molar-refractivity contribution in [2.24, 2.45) is 4.99 Å². The van der Waals surface area contributed by atoms with Crippen molar-refractivity contribution < 1.29 is 53.1 Å². The second-order valence-corrected chi connectivity index (χ2v) is 34.7. The number of carboxylic acids is 1. The van der Waals surface area contributed by atoms with Gasteiger partial charge in [-0.05, 0) is 172 Å². The first kappa shape index (κ1) is 85.7. The van der Waals surface area contributed by atoms with Gasteiger partial charge in [0.15, 0.2) is 0 Å². The molecule has 4 aromatic carbocycles. The Labute approximate surface area is 741 Å². The van der Waals surface area contributed by atoms with Gasteiger partial charge in [0.2, 0.25) is 35.5 Å². The largest absolute Gasteiger partial charge is 0.478 e. The standard InChI is InChI=1S/C45H50N14O5.C37H42N10O4.C7H9N5O2/c1-26-23-56(38-19-29(11-12-46-38)40-34-20-31(6-5-30(34)22-47-40)48-41(61)36-25-58-45(50-51-52-58)53(4)28(36)3)24-27(2)57(26)18-15-54-13-16-55(17-14-54)32-7-8-33-35(21-32)44(64)59(43(33)63)37-9-10-39(60)49-42(37)62;1-22-20-45(32-17-24(9-10-39-32)34-29-18-25(38)3-6-30(29)41-42-34)21-23(2)46(22)16-13-43-11-14-44(15-12-43)26-4-5-27-28(19-26)37(51)47(36(27)50)31-7-8-33(48)40-35(31)49;1-4-5(6(13)14)3-12-7(11(4)2)8-9-10-12/h5-8,11-12,19-21,26-27,37H,9-10,13-18,22-25H2,1-4H3,(H,48,61)(H,49,60,62);3-6,9-10,17-19,22-23,31H,7-8,11-16,20-21,38H2,1-2H3,(H,41,42)(H,40,48,49);3H2,1-2H3,(H,13,14)/t26-,27+,37?;22-,23+,31?;. The van der Waals surface area contributed by atoms with Crippen LogP contribution >= 0.6 is 0 Å². The first-order valence-corrected chi connectivity index (χ1v) is 43.6. The second-order valence-electron chi connectivity index (χ2n) is 34.7. The molecule has 0 radical (unpaired) electrons. The molecule has 6 saturated heterocycles. The van der Waals surface area contributed by atoms with Crippen molar-refractivity contribution in [3.8, 4) is 11.3 Å². The number of nitrogens with one attached hydrogen (secondary N) is 4. The number of aromatic amines is 1. The number of nitrogens with zero attached hydrogens (tertiary/aromatic N) is 24. The van der Waals surface area contributed by atoms with Gasteiger partial charge in [-0.3, -0.25) is 93.3 Å². The number of carboxylic acid groups (broad SMARTS) is 1. The van der Waals surface area contributed by atoms with E-state index in [9.17, 15) is 47.9 Å². The Morgan fingerprint density at radius 2 is 1.00 bits per heavy atom. The fourth-order valence-electron chi connectivity index (χ4n) is 19.5. The summed E-state index contributed by atoms with van der Waals surface area (Å²) in [6.07, 6.45) is 4.18. The zero-order valence-electron chi connectivity index (χ0n) is 73.0. The third-order valence-corrected chi connectivity index (χ3v) is 26.8. The molecule has 2 unspecified atom stereocenters. The number of hydrogen-bond donors (Lipinski definition) is 6. The SMILES string of the molecule is CC1=C(C(=O)Nc2ccc3c(c2)C(c2ccnc(N4C[C@@H](C)N(CCN5CCN(c6ccc7c(c6)C(=O)N(C6CCC(=O)NC6=O)C7=O)CC5)[C@@H](C)C4)c2)=NC3)Cn2nnnc2N1C.CC1=C(C(=O)O)Cn2nnnc2N1C.C[C@@H]1CN(c2cc(-c3n[nH]c4ccc(N)cc34)ccn2)C[C@H](C)N1CCN1CCN(c2ccc3c(c2)C(=O)N(C2CCC(=O)NC2=O)C3=O)CC1. The van der Waals surface area contributed by atoms with Gasteiger partial charge in [-0.15, -0.1) is 0 Å². The van der Waals surface area contributed by atoms with Crippen LogP contribution in [0.3, 0.4) is 0 Å². The highest BCUT2D eigenvalue weighted by molar-refractivity contribution is 6.25. The Morgan fingerprint density at radius 1 is 0.519 bits per heavy atom. The zero-order chi connectivity index (χ0) is 90.1. The summed E-state index contributed by atoms with van der Waals surface area (Å²) < 4.78 is 3.07. The number of carbonyl (C=O) groups excluding carboxylic acids is 9. The Balaban J connectivity index is 0.000000153. The smallest absolute Gasteiger partial charge is 0.335 e. The fourth-order valence-corrected chi connectivity index (χ4v) is 19.5. The Bertz CT molecular complexity index is 6110. The van der Waals surface area contributed by atoms with E-state index in [0.29, 0.717) is 93.1 Å². The van der Waals surface area contributed by atoms with Crippen molar-refractivity contribution in [3.05, 3.63) is 171 Å². The molecule has 9 aromatic rings. The van der Waals surface area contributed by atoms with Gasteiger partial charge >= 0.3 is 5.97 Å². The number of piperidine rings is 2. The van der Waals surface area contributed by atoms with E-state index in [1.165, 1.54) is 4.68 Å². The fraction of sp³-hybridized carbons (Fsp3) is 0.416. The molecule has 9 amide bonds. The maximum atomic E-state index is 13.5. The summed E-state index contributed by atoms with van der Waals surface area (Å²) in [5.41, 5.74) is 19.6. The monoisotopic (exact) mass is 1750 g/mol. The lowest BCUT2D eigenvalue weighted by Crippen LogP contribution is -2.59. The van der Waals surface area contributed by atoms with Gasteiger partial charge in [-0.2, -0.15) is 5.10 Å². The summed E-state index contributed by atoms with van der Waals surface area (Å²) >= 11 is 0. The number of aromatic nitrogens is 12. The lowest BCUT2D eigenvalue weighted by Gasteiger charge is -2.46. The second kappa shape index (κ2) is 35.3. The highest BCUT2D eigenvalue weighted by atomic mass is 16.4. The van der Waals surface area contributed by atoms with Gasteiger partial charge < -0.3 is 45.6 Å². The average molecular weight is 1750 g/mol. The third kappa shape index (κ3) is 16.7. The molecule has 0 bridgehead atoms. The van der Waals surface area contributed by atoms with Crippen LogP contribution in [0.1, 0.15) is 125 Å². The summed E-state index contributed by atoms with van der Waals surface area (Å²) in [7, 11) is 3.58. The van der Waals surface area contributed by atoms with Gasteiger partial charge in [0, 0.05) is 224 Å². The Morgan fingerprint density at radius 3 is 1.50 bits per heavy atom. The van der Waals surface area contributed by atoms with Crippen molar-refractivity contribution in [1.82, 2.24) is 101 Å². The summed E-state index contributed by atoms with van der Waals surface area (Å²) in [6, 6.07) is 30.0. The number of nitrogen functional groups attached to an aromatic ring is 1. The molecule has 40 heteroatoms. The van der Waals surface area contributed by atoms with Gasteiger partial charge in [0.05, 0.1) is 64.3 Å². The van der Waals surface area contributed by atoms with E-state index in [2.05, 4.69) is 136 Å². The molecule has 7 N–H and O–H groups in total. The van der Waals surface area contributed by atoms with Gasteiger partial charge in [-0.1, -0.05) is 16.3 Å².